The Morgan fingerprint density at radius 1 is 1.40 bits per heavy atom. The van der Waals surface area contributed by atoms with Crippen LogP contribution in [0.1, 0.15) is 7.43 Å². The lowest BCUT2D eigenvalue weighted by molar-refractivity contribution is 0.122. The molecule has 0 N–H and O–H groups in total. The van der Waals surface area contributed by atoms with Gasteiger partial charge in [0.2, 0.25) is 11.8 Å². The van der Waals surface area contributed by atoms with Crippen molar-refractivity contribution < 1.29 is 9.47 Å². The highest BCUT2D eigenvalue weighted by Crippen LogP contribution is 2.13. The highest BCUT2D eigenvalue weighted by atomic mass is 16.5. The Labute approximate surface area is 90.0 Å². The fraction of sp³-hybridized carbons (Fsp3) is 0.600. The minimum atomic E-state index is 0. The van der Waals surface area contributed by atoms with Gasteiger partial charge in [-0.15, -0.1) is 0 Å². The third-order valence-corrected chi connectivity index (χ3v) is 2.12. The molecule has 0 aliphatic carbocycles. The summed E-state index contributed by atoms with van der Waals surface area (Å²) in [6.45, 7) is 3.15. The molecule has 84 valence electrons. The molecule has 0 atom stereocenters. The minimum Gasteiger partial charge on any atom is -0.481 e. The van der Waals surface area contributed by atoms with Gasteiger partial charge in [0, 0.05) is 25.4 Å². The first-order chi connectivity index (χ1) is 6.90. The van der Waals surface area contributed by atoms with E-state index in [9.17, 15) is 0 Å². The lowest BCUT2D eigenvalue weighted by atomic mass is 10.4. The molecule has 15 heavy (non-hydrogen) atoms. The largest absolute Gasteiger partial charge is 0.481 e. The zero-order valence-corrected chi connectivity index (χ0v) is 8.14. The Bertz CT molecular complexity index is 300. The fourth-order valence-corrected chi connectivity index (χ4v) is 1.36. The number of rotatable bonds is 2. The van der Waals surface area contributed by atoms with Gasteiger partial charge in [-0.25, -0.2) is 4.98 Å². The van der Waals surface area contributed by atoms with E-state index in [0.29, 0.717) is 11.8 Å². The van der Waals surface area contributed by atoms with Crippen molar-refractivity contribution in [2.75, 3.05) is 38.3 Å². The molecule has 0 unspecified atom stereocenters. The van der Waals surface area contributed by atoms with Gasteiger partial charge in [0.15, 0.2) is 0 Å². The molecule has 5 nitrogen and oxygen atoms in total. The Balaban J connectivity index is 0.00000112. The molecule has 1 saturated heterocycles. The van der Waals surface area contributed by atoms with Crippen molar-refractivity contribution in [3.8, 4) is 5.88 Å². The average molecular weight is 211 g/mol. The third kappa shape index (κ3) is 2.79. The van der Waals surface area contributed by atoms with E-state index in [-0.39, 0.29) is 7.43 Å². The number of methoxy groups -OCH3 is 1. The summed E-state index contributed by atoms with van der Waals surface area (Å²) in [6, 6.07) is 1.74. The van der Waals surface area contributed by atoms with Crippen LogP contribution in [0.4, 0.5) is 5.95 Å². The van der Waals surface area contributed by atoms with E-state index in [1.807, 2.05) is 0 Å². The first-order valence-electron chi connectivity index (χ1n) is 4.60. The number of ether oxygens (including phenoxy) is 2. The van der Waals surface area contributed by atoms with E-state index in [4.69, 9.17) is 9.47 Å². The second-order valence-electron chi connectivity index (χ2n) is 3.00. The molecular formula is C10H17N3O2. The van der Waals surface area contributed by atoms with Gasteiger partial charge in [-0.05, 0) is 0 Å². The van der Waals surface area contributed by atoms with Crippen molar-refractivity contribution in [2.24, 2.45) is 0 Å². The van der Waals surface area contributed by atoms with Crippen LogP contribution in [0, 0.1) is 0 Å². The number of aromatic nitrogens is 2. The number of anilines is 1. The summed E-state index contributed by atoms with van der Waals surface area (Å²) in [5.74, 6) is 1.31. The molecule has 1 fully saturated rings. The van der Waals surface area contributed by atoms with Crippen LogP contribution in [0.3, 0.4) is 0 Å². The molecule has 2 heterocycles. The normalized spacial score (nSPS) is 15.7. The monoisotopic (exact) mass is 211 g/mol. The van der Waals surface area contributed by atoms with Gasteiger partial charge in [0.25, 0.3) is 0 Å². The molecular weight excluding hydrogens is 194 g/mol. The number of nitrogens with zero attached hydrogens (tertiary/aromatic N) is 3. The topological polar surface area (TPSA) is 47.5 Å². The van der Waals surface area contributed by atoms with E-state index < -0.39 is 0 Å². The molecule has 0 spiro atoms. The molecule has 2 rings (SSSR count). The molecule has 0 amide bonds. The van der Waals surface area contributed by atoms with Crippen LogP contribution >= 0.6 is 0 Å². The summed E-state index contributed by atoms with van der Waals surface area (Å²) in [7, 11) is 1.60. The summed E-state index contributed by atoms with van der Waals surface area (Å²) in [4.78, 5) is 10.5. The predicted octanol–water partition coefficient (Wildman–Crippen LogP) is 0.958. The maximum absolute atomic E-state index is 5.25. The van der Waals surface area contributed by atoms with Gasteiger partial charge in [0.05, 0.1) is 20.3 Å². The van der Waals surface area contributed by atoms with Crippen molar-refractivity contribution in [3.05, 3.63) is 12.3 Å². The maximum Gasteiger partial charge on any atom is 0.228 e. The van der Waals surface area contributed by atoms with Gasteiger partial charge in [-0.3, -0.25) is 0 Å². The first kappa shape index (κ1) is 11.7. The average Bonchev–Trinajstić information content (AvgIpc) is 2.30. The van der Waals surface area contributed by atoms with Crippen LogP contribution in [0.15, 0.2) is 12.3 Å². The Hall–Kier alpha value is -1.36. The van der Waals surface area contributed by atoms with Gasteiger partial charge < -0.3 is 14.4 Å². The van der Waals surface area contributed by atoms with Crippen molar-refractivity contribution in [1.82, 2.24) is 9.97 Å². The van der Waals surface area contributed by atoms with E-state index in [1.165, 1.54) is 0 Å². The Kier molecular flexibility index (Phi) is 4.30. The highest BCUT2D eigenvalue weighted by molar-refractivity contribution is 5.32. The Morgan fingerprint density at radius 3 is 2.80 bits per heavy atom. The van der Waals surface area contributed by atoms with Crippen LogP contribution in [-0.4, -0.2) is 43.4 Å². The maximum atomic E-state index is 5.25. The highest BCUT2D eigenvalue weighted by Gasteiger charge is 2.13. The summed E-state index contributed by atoms with van der Waals surface area (Å²) in [6.07, 6.45) is 1.70. The van der Waals surface area contributed by atoms with Crippen molar-refractivity contribution in [2.45, 2.75) is 7.43 Å². The molecule has 0 bridgehead atoms. The molecule has 0 aromatic carbocycles. The van der Waals surface area contributed by atoms with E-state index >= 15 is 0 Å². The smallest absolute Gasteiger partial charge is 0.228 e. The van der Waals surface area contributed by atoms with Gasteiger partial charge >= 0.3 is 0 Å². The summed E-state index contributed by atoms with van der Waals surface area (Å²) < 4.78 is 10.3. The third-order valence-electron chi connectivity index (χ3n) is 2.12. The minimum absolute atomic E-state index is 0. The van der Waals surface area contributed by atoms with Crippen LogP contribution < -0.4 is 9.64 Å². The van der Waals surface area contributed by atoms with E-state index in [2.05, 4.69) is 14.9 Å². The Morgan fingerprint density at radius 2 is 2.13 bits per heavy atom. The predicted molar refractivity (Wildman–Crippen MR) is 58.3 cm³/mol. The number of morpholine rings is 1. The van der Waals surface area contributed by atoms with E-state index in [1.54, 1.807) is 19.4 Å². The molecule has 1 aromatic rings. The molecule has 0 radical (unpaired) electrons. The lowest BCUT2D eigenvalue weighted by Crippen LogP contribution is -2.37. The van der Waals surface area contributed by atoms with Gasteiger partial charge in [0.1, 0.15) is 0 Å². The van der Waals surface area contributed by atoms with Crippen LogP contribution in [0.5, 0.6) is 5.88 Å². The lowest BCUT2D eigenvalue weighted by Gasteiger charge is -2.26. The van der Waals surface area contributed by atoms with Gasteiger partial charge in [-0.1, -0.05) is 7.43 Å². The summed E-state index contributed by atoms with van der Waals surface area (Å²) >= 11 is 0. The fourth-order valence-electron chi connectivity index (χ4n) is 1.36. The number of hydrogen-bond donors (Lipinski definition) is 0. The number of hydrogen-bond acceptors (Lipinski definition) is 5. The SMILES string of the molecule is C.COc1ccnc(N2CCOCC2)n1. The van der Waals surface area contributed by atoms with Crippen molar-refractivity contribution in [1.29, 1.82) is 0 Å². The summed E-state index contributed by atoms with van der Waals surface area (Å²) in [5, 5.41) is 0. The zero-order chi connectivity index (χ0) is 9.80. The van der Waals surface area contributed by atoms with Crippen LogP contribution in [-0.2, 0) is 4.74 Å². The van der Waals surface area contributed by atoms with Crippen LogP contribution in [0.2, 0.25) is 0 Å². The van der Waals surface area contributed by atoms with Crippen LogP contribution in [0.25, 0.3) is 0 Å². The van der Waals surface area contributed by atoms with Gasteiger partial charge in [-0.2, -0.15) is 4.98 Å². The molecule has 1 aliphatic heterocycles. The van der Waals surface area contributed by atoms with Crippen molar-refractivity contribution in [3.63, 3.8) is 0 Å². The zero-order valence-electron chi connectivity index (χ0n) is 8.14. The molecule has 1 aromatic heterocycles. The second-order valence-corrected chi connectivity index (χ2v) is 3.00. The molecule has 5 heteroatoms. The van der Waals surface area contributed by atoms with E-state index in [0.717, 1.165) is 26.3 Å². The van der Waals surface area contributed by atoms with Crippen molar-refractivity contribution >= 4 is 5.95 Å². The molecule has 1 aliphatic rings. The first-order valence-corrected chi connectivity index (χ1v) is 4.60. The quantitative estimate of drug-likeness (QED) is 0.729. The second kappa shape index (κ2) is 5.50. The summed E-state index contributed by atoms with van der Waals surface area (Å²) in [5.41, 5.74) is 0. The molecule has 0 saturated carbocycles. The standard InChI is InChI=1S/C9H13N3O2.CH4/c1-13-8-2-3-10-9(11-8)12-4-6-14-7-5-12;/h2-3H,4-7H2,1H3;1H4.